The maximum absolute atomic E-state index is 12.3. The van der Waals surface area contributed by atoms with Gasteiger partial charge in [0.15, 0.2) is 0 Å². The lowest BCUT2D eigenvalue weighted by Crippen LogP contribution is -2.41. The third-order valence-electron chi connectivity index (χ3n) is 4.28. The average molecular weight is 332 g/mol. The number of rotatable bonds is 6. The molecule has 0 radical (unpaired) electrons. The first-order valence-corrected chi connectivity index (χ1v) is 8.37. The molecule has 1 aromatic rings. The van der Waals surface area contributed by atoms with Gasteiger partial charge in [-0.1, -0.05) is 56.0 Å². The van der Waals surface area contributed by atoms with Crippen molar-refractivity contribution in [2.45, 2.75) is 44.6 Å². The summed E-state index contributed by atoms with van der Waals surface area (Å²) < 4.78 is 5.37. The molecule has 130 valence electrons. The summed E-state index contributed by atoms with van der Waals surface area (Å²) >= 11 is 0. The molecular weight excluding hydrogens is 308 g/mol. The van der Waals surface area contributed by atoms with Gasteiger partial charge >= 0.3 is 12.0 Å². The number of urea groups is 1. The minimum Gasteiger partial charge on any atom is -0.447 e. The quantitative estimate of drug-likeness (QED) is 0.785. The van der Waals surface area contributed by atoms with Gasteiger partial charge in [-0.2, -0.15) is 0 Å². The fraction of sp³-hybridized carbons (Fsp3) is 0.500. The largest absolute Gasteiger partial charge is 0.447 e. The van der Waals surface area contributed by atoms with Gasteiger partial charge in [0.1, 0.15) is 0 Å². The van der Waals surface area contributed by atoms with Crippen LogP contribution in [0.15, 0.2) is 30.3 Å². The van der Waals surface area contributed by atoms with E-state index < -0.39 is 24.0 Å². The predicted octanol–water partition coefficient (Wildman–Crippen LogP) is 2.70. The molecule has 0 unspecified atom stereocenters. The Hall–Kier alpha value is -2.37. The Morgan fingerprint density at radius 3 is 2.46 bits per heavy atom. The second-order valence-corrected chi connectivity index (χ2v) is 6.04. The van der Waals surface area contributed by atoms with E-state index in [2.05, 4.69) is 10.6 Å². The molecule has 6 nitrogen and oxygen atoms in total. The lowest BCUT2D eigenvalue weighted by Gasteiger charge is -2.18. The highest BCUT2D eigenvalue weighted by Gasteiger charge is 2.26. The second kappa shape index (κ2) is 9.05. The molecular formula is C18H24N2O4. The van der Waals surface area contributed by atoms with E-state index >= 15 is 0 Å². The number of hydrogen-bond donors (Lipinski definition) is 2. The minimum absolute atomic E-state index is 0.293. The molecule has 1 aromatic carbocycles. The van der Waals surface area contributed by atoms with Gasteiger partial charge < -0.3 is 10.1 Å². The van der Waals surface area contributed by atoms with Gasteiger partial charge in [-0.3, -0.25) is 14.9 Å². The van der Waals surface area contributed by atoms with E-state index in [1.807, 2.05) is 0 Å². The lowest BCUT2D eigenvalue weighted by molar-refractivity contribution is -0.156. The van der Waals surface area contributed by atoms with Crippen LogP contribution >= 0.6 is 0 Å². The number of ether oxygens (including phenoxy) is 1. The summed E-state index contributed by atoms with van der Waals surface area (Å²) in [6, 6.07) is 8.06. The van der Waals surface area contributed by atoms with Crippen molar-refractivity contribution in [2.24, 2.45) is 5.92 Å². The molecule has 0 bridgehead atoms. The molecule has 6 heteroatoms. The van der Waals surface area contributed by atoms with Gasteiger partial charge in [-0.15, -0.1) is 0 Å². The van der Waals surface area contributed by atoms with Crippen molar-refractivity contribution in [3.8, 4) is 0 Å². The zero-order valence-electron chi connectivity index (χ0n) is 13.9. The normalized spacial score (nSPS) is 15.5. The third kappa shape index (κ3) is 5.37. The first kappa shape index (κ1) is 18.0. The summed E-state index contributed by atoms with van der Waals surface area (Å²) in [5.41, 5.74) is 0.535. The number of esters is 1. The van der Waals surface area contributed by atoms with Crippen molar-refractivity contribution < 1.29 is 19.1 Å². The Morgan fingerprint density at radius 1 is 1.17 bits per heavy atom. The van der Waals surface area contributed by atoms with Gasteiger partial charge in [0.25, 0.3) is 5.91 Å². The molecule has 24 heavy (non-hydrogen) atoms. The molecule has 1 aliphatic rings. The molecule has 0 spiro atoms. The van der Waals surface area contributed by atoms with Crippen molar-refractivity contribution in [3.05, 3.63) is 35.9 Å². The fourth-order valence-corrected chi connectivity index (χ4v) is 2.95. The van der Waals surface area contributed by atoms with Crippen LogP contribution in [0.25, 0.3) is 0 Å². The maximum atomic E-state index is 12.3. The highest BCUT2D eigenvalue weighted by Crippen LogP contribution is 2.29. The molecule has 3 amide bonds. The monoisotopic (exact) mass is 332 g/mol. The van der Waals surface area contributed by atoms with Crippen LogP contribution in [0.2, 0.25) is 0 Å². The van der Waals surface area contributed by atoms with Crippen LogP contribution in [0.4, 0.5) is 4.79 Å². The number of amides is 3. The molecule has 1 fully saturated rings. The average Bonchev–Trinajstić information content (AvgIpc) is 3.12. The standard InChI is InChI=1S/C18H24N2O4/c1-19-18(23)20-17(22)16(14-9-3-2-4-10-14)24-15(21)12-11-13-7-5-6-8-13/h2-4,9-10,13,16H,5-8,11-12H2,1H3,(H2,19,20,22,23)/t16-/m1/s1. The second-order valence-electron chi connectivity index (χ2n) is 6.04. The Balaban J connectivity index is 1.98. The lowest BCUT2D eigenvalue weighted by atomic mass is 10.0. The van der Waals surface area contributed by atoms with Crippen LogP contribution in [-0.4, -0.2) is 25.0 Å². The first-order chi connectivity index (χ1) is 11.6. The summed E-state index contributed by atoms with van der Waals surface area (Å²) in [6.45, 7) is 0. The van der Waals surface area contributed by atoms with E-state index in [1.54, 1.807) is 30.3 Å². The van der Waals surface area contributed by atoms with Crippen molar-refractivity contribution in [3.63, 3.8) is 0 Å². The SMILES string of the molecule is CNC(=O)NC(=O)[C@H](OC(=O)CCC1CCCC1)c1ccccc1. The van der Waals surface area contributed by atoms with Crippen LogP contribution in [0.5, 0.6) is 0 Å². The Kier molecular flexibility index (Phi) is 6.78. The Bertz CT molecular complexity index is 568. The number of hydrogen-bond acceptors (Lipinski definition) is 4. The summed E-state index contributed by atoms with van der Waals surface area (Å²) in [7, 11) is 1.41. The molecule has 0 aromatic heterocycles. The van der Waals surface area contributed by atoms with E-state index in [0.717, 1.165) is 19.3 Å². The molecule has 1 aliphatic carbocycles. The third-order valence-corrected chi connectivity index (χ3v) is 4.28. The molecule has 1 saturated carbocycles. The first-order valence-electron chi connectivity index (χ1n) is 8.37. The smallest absolute Gasteiger partial charge is 0.321 e. The van der Waals surface area contributed by atoms with Crippen LogP contribution in [0, 0.1) is 5.92 Å². The number of carbonyl (C=O) groups excluding carboxylic acids is 3. The van der Waals surface area contributed by atoms with Gasteiger partial charge in [0.05, 0.1) is 0 Å². The minimum atomic E-state index is -1.13. The molecule has 0 heterocycles. The summed E-state index contributed by atoms with van der Waals surface area (Å²) in [4.78, 5) is 35.8. The molecule has 2 rings (SSSR count). The number of nitrogens with one attached hydrogen (secondary N) is 2. The highest BCUT2D eigenvalue weighted by molar-refractivity contribution is 5.97. The van der Waals surface area contributed by atoms with E-state index in [9.17, 15) is 14.4 Å². The van der Waals surface area contributed by atoms with Crippen LogP contribution in [-0.2, 0) is 14.3 Å². The van der Waals surface area contributed by atoms with Gasteiger partial charge in [0, 0.05) is 19.0 Å². The van der Waals surface area contributed by atoms with E-state index in [0.29, 0.717) is 17.9 Å². The predicted molar refractivity (Wildman–Crippen MR) is 89.1 cm³/mol. The van der Waals surface area contributed by atoms with Crippen molar-refractivity contribution in [1.82, 2.24) is 10.6 Å². The Morgan fingerprint density at radius 2 is 1.83 bits per heavy atom. The number of carbonyl (C=O) groups is 3. The number of imide groups is 1. The maximum Gasteiger partial charge on any atom is 0.321 e. The summed E-state index contributed by atoms with van der Waals surface area (Å²) in [6.07, 6.45) is 4.72. The Labute approximate surface area is 142 Å². The zero-order valence-corrected chi connectivity index (χ0v) is 13.9. The van der Waals surface area contributed by atoms with Gasteiger partial charge in [0.2, 0.25) is 6.10 Å². The van der Waals surface area contributed by atoms with Crippen LogP contribution in [0.3, 0.4) is 0 Å². The number of benzene rings is 1. The van der Waals surface area contributed by atoms with Gasteiger partial charge in [-0.05, 0) is 12.3 Å². The molecule has 0 saturated heterocycles. The van der Waals surface area contributed by atoms with Crippen LogP contribution in [0.1, 0.15) is 50.2 Å². The molecule has 2 N–H and O–H groups in total. The van der Waals surface area contributed by atoms with Crippen molar-refractivity contribution in [2.75, 3.05) is 7.05 Å². The molecule has 1 atom stereocenters. The summed E-state index contributed by atoms with van der Waals surface area (Å²) in [5, 5.41) is 4.47. The van der Waals surface area contributed by atoms with Crippen molar-refractivity contribution in [1.29, 1.82) is 0 Å². The van der Waals surface area contributed by atoms with Crippen molar-refractivity contribution >= 4 is 17.9 Å². The topological polar surface area (TPSA) is 84.5 Å². The van der Waals surface area contributed by atoms with Gasteiger partial charge in [-0.25, -0.2) is 4.79 Å². The van der Waals surface area contributed by atoms with E-state index in [1.165, 1.54) is 19.9 Å². The van der Waals surface area contributed by atoms with E-state index in [-0.39, 0.29) is 0 Å². The molecule has 0 aliphatic heterocycles. The highest BCUT2D eigenvalue weighted by atomic mass is 16.5. The zero-order chi connectivity index (χ0) is 17.4. The van der Waals surface area contributed by atoms with E-state index in [4.69, 9.17) is 4.74 Å². The fourth-order valence-electron chi connectivity index (χ4n) is 2.95. The van der Waals surface area contributed by atoms with Crippen LogP contribution < -0.4 is 10.6 Å². The summed E-state index contributed by atoms with van der Waals surface area (Å²) in [5.74, 6) is -0.495.